The van der Waals surface area contributed by atoms with Gasteiger partial charge in [0.2, 0.25) is 11.8 Å². The second-order valence-electron chi connectivity index (χ2n) is 9.95. The molecular weight excluding hydrogens is 589 g/mol. The molecule has 0 spiro atoms. The van der Waals surface area contributed by atoms with Crippen LogP contribution in [0.25, 0.3) is 0 Å². The zero-order valence-electron chi connectivity index (χ0n) is 23.7. The van der Waals surface area contributed by atoms with Crippen molar-refractivity contribution < 1.29 is 22.4 Å². The third kappa shape index (κ3) is 8.43. The van der Waals surface area contributed by atoms with E-state index in [9.17, 15) is 22.4 Å². The molecule has 7 nitrogen and oxygen atoms in total. The lowest BCUT2D eigenvalue weighted by Gasteiger charge is -2.34. The Balaban J connectivity index is 1.78. The summed E-state index contributed by atoms with van der Waals surface area (Å²) in [5.74, 6) is -1.43. The van der Waals surface area contributed by atoms with Gasteiger partial charge in [0.05, 0.1) is 10.6 Å². The Morgan fingerprint density at radius 1 is 0.860 bits per heavy atom. The Kier molecular flexibility index (Phi) is 10.9. The van der Waals surface area contributed by atoms with Gasteiger partial charge in [0.15, 0.2) is 0 Å². The van der Waals surface area contributed by atoms with Crippen molar-refractivity contribution in [3.05, 3.63) is 131 Å². The van der Waals surface area contributed by atoms with Crippen molar-refractivity contribution >= 4 is 39.1 Å². The summed E-state index contributed by atoms with van der Waals surface area (Å²) in [5, 5.41) is 3.18. The first kappa shape index (κ1) is 31.7. The smallest absolute Gasteiger partial charge is 0.264 e. The van der Waals surface area contributed by atoms with E-state index in [1.165, 1.54) is 47.4 Å². The number of carbonyl (C=O) groups is 2. The van der Waals surface area contributed by atoms with E-state index in [0.29, 0.717) is 23.6 Å². The molecule has 0 aliphatic carbocycles. The van der Waals surface area contributed by atoms with Crippen LogP contribution in [-0.4, -0.2) is 44.3 Å². The molecule has 1 atom stereocenters. The van der Waals surface area contributed by atoms with E-state index in [4.69, 9.17) is 11.6 Å². The Morgan fingerprint density at radius 2 is 1.51 bits per heavy atom. The van der Waals surface area contributed by atoms with Crippen molar-refractivity contribution in [1.29, 1.82) is 0 Å². The fourth-order valence-electron chi connectivity index (χ4n) is 4.59. The highest BCUT2D eigenvalue weighted by atomic mass is 35.5. The van der Waals surface area contributed by atoms with E-state index in [1.807, 2.05) is 37.3 Å². The standard InChI is InChI=1S/C33H33ClFN3O4S/c1-2-20-36-33(40)31(21-25-10-5-3-6-11-25)37(23-26-16-18-28(35)19-17-26)32(39)24-38(29-13-9-12-27(34)22-29)43(41,42)30-14-7-4-8-15-30/h3-19,22,31H,2,20-21,23-24H2,1H3,(H,36,40)/t31-/m0/s1. The van der Waals surface area contributed by atoms with Gasteiger partial charge >= 0.3 is 0 Å². The van der Waals surface area contributed by atoms with E-state index in [1.54, 1.807) is 36.4 Å². The summed E-state index contributed by atoms with van der Waals surface area (Å²) < 4.78 is 42.6. The molecule has 4 aromatic carbocycles. The van der Waals surface area contributed by atoms with E-state index in [2.05, 4.69) is 5.32 Å². The number of hydrogen-bond acceptors (Lipinski definition) is 4. The van der Waals surface area contributed by atoms with Gasteiger partial charge in [-0.3, -0.25) is 13.9 Å². The van der Waals surface area contributed by atoms with Crippen molar-refractivity contribution in [3.8, 4) is 0 Å². The molecule has 0 aliphatic rings. The van der Waals surface area contributed by atoms with Gasteiger partial charge in [-0.25, -0.2) is 12.8 Å². The van der Waals surface area contributed by atoms with Crippen molar-refractivity contribution in [1.82, 2.24) is 10.2 Å². The molecule has 0 fully saturated rings. The lowest BCUT2D eigenvalue weighted by Crippen LogP contribution is -2.53. The van der Waals surface area contributed by atoms with Gasteiger partial charge in [0.1, 0.15) is 18.4 Å². The maximum atomic E-state index is 14.3. The molecule has 0 radical (unpaired) electrons. The Morgan fingerprint density at radius 3 is 2.14 bits per heavy atom. The minimum Gasteiger partial charge on any atom is -0.354 e. The van der Waals surface area contributed by atoms with E-state index < -0.39 is 34.3 Å². The van der Waals surface area contributed by atoms with Crippen LogP contribution < -0.4 is 9.62 Å². The fourth-order valence-corrected chi connectivity index (χ4v) is 6.20. The van der Waals surface area contributed by atoms with E-state index >= 15 is 0 Å². The summed E-state index contributed by atoms with van der Waals surface area (Å²) in [6.45, 7) is 1.67. The SMILES string of the molecule is CCCNC(=O)[C@H](Cc1ccccc1)N(Cc1ccc(F)cc1)C(=O)CN(c1cccc(Cl)c1)S(=O)(=O)c1ccccc1. The second kappa shape index (κ2) is 14.8. The highest BCUT2D eigenvalue weighted by Crippen LogP contribution is 2.27. The van der Waals surface area contributed by atoms with Gasteiger partial charge in [-0.1, -0.05) is 85.3 Å². The predicted octanol–water partition coefficient (Wildman–Crippen LogP) is 5.84. The second-order valence-corrected chi connectivity index (χ2v) is 12.2. The van der Waals surface area contributed by atoms with Crippen molar-refractivity contribution in [2.24, 2.45) is 0 Å². The number of amides is 2. The molecule has 0 aliphatic heterocycles. The first-order chi connectivity index (χ1) is 20.7. The van der Waals surface area contributed by atoms with Crippen LogP contribution in [0.3, 0.4) is 0 Å². The van der Waals surface area contributed by atoms with Crippen LogP contribution in [0.1, 0.15) is 24.5 Å². The molecular formula is C33H33ClFN3O4S. The number of carbonyl (C=O) groups excluding carboxylic acids is 2. The van der Waals surface area contributed by atoms with Crippen LogP contribution in [-0.2, 0) is 32.6 Å². The van der Waals surface area contributed by atoms with Crippen LogP contribution in [0.4, 0.5) is 10.1 Å². The molecule has 0 saturated heterocycles. The van der Waals surface area contributed by atoms with Crippen LogP contribution in [0.15, 0.2) is 114 Å². The van der Waals surface area contributed by atoms with Crippen molar-refractivity contribution in [2.45, 2.75) is 37.2 Å². The topological polar surface area (TPSA) is 86.8 Å². The first-order valence-corrected chi connectivity index (χ1v) is 15.7. The summed E-state index contributed by atoms with van der Waals surface area (Å²) in [4.78, 5) is 29.3. The molecule has 4 aromatic rings. The summed E-state index contributed by atoms with van der Waals surface area (Å²) in [6.07, 6.45) is 0.874. The lowest BCUT2D eigenvalue weighted by molar-refractivity contribution is -0.140. The van der Waals surface area contributed by atoms with E-state index in [-0.39, 0.29) is 29.5 Å². The van der Waals surface area contributed by atoms with Gasteiger partial charge < -0.3 is 10.2 Å². The van der Waals surface area contributed by atoms with Gasteiger partial charge in [-0.15, -0.1) is 0 Å². The maximum absolute atomic E-state index is 14.3. The highest BCUT2D eigenvalue weighted by molar-refractivity contribution is 7.92. The van der Waals surface area contributed by atoms with Crippen LogP contribution in [0.2, 0.25) is 5.02 Å². The fraction of sp³-hybridized carbons (Fsp3) is 0.212. The molecule has 10 heteroatoms. The monoisotopic (exact) mass is 621 g/mol. The molecule has 0 aromatic heterocycles. The van der Waals surface area contributed by atoms with Crippen LogP contribution in [0, 0.1) is 5.82 Å². The summed E-state index contributed by atoms with van der Waals surface area (Å²) in [6, 6.07) is 27.9. The maximum Gasteiger partial charge on any atom is 0.264 e. The molecule has 2 amide bonds. The summed E-state index contributed by atoms with van der Waals surface area (Å²) in [7, 11) is -4.22. The number of rotatable bonds is 13. The van der Waals surface area contributed by atoms with Gasteiger partial charge in [-0.05, 0) is 60.0 Å². The van der Waals surface area contributed by atoms with Crippen molar-refractivity contribution in [2.75, 3.05) is 17.4 Å². The number of hydrogen-bond donors (Lipinski definition) is 1. The minimum atomic E-state index is -4.22. The number of halogens is 2. The lowest BCUT2D eigenvalue weighted by atomic mass is 10.0. The van der Waals surface area contributed by atoms with Gasteiger partial charge in [-0.2, -0.15) is 0 Å². The zero-order chi connectivity index (χ0) is 30.8. The third-order valence-corrected chi connectivity index (χ3v) is 8.82. The molecule has 4 rings (SSSR count). The van der Waals surface area contributed by atoms with Crippen LogP contribution in [0.5, 0.6) is 0 Å². The molecule has 0 bridgehead atoms. The molecule has 1 N–H and O–H groups in total. The summed E-state index contributed by atoms with van der Waals surface area (Å²) >= 11 is 6.23. The largest absolute Gasteiger partial charge is 0.354 e. The number of sulfonamides is 1. The average molecular weight is 622 g/mol. The van der Waals surface area contributed by atoms with Gasteiger partial charge in [0.25, 0.3) is 10.0 Å². The minimum absolute atomic E-state index is 0.00520. The molecule has 0 saturated carbocycles. The number of benzene rings is 4. The molecule has 43 heavy (non-hydrogen) atoms. The zero-order valence-corrected chi connectivity index (χ0v) is 25.3. The van der Waals surface area contributed by atoms with Gasteiger partial charge in [0, 0.05) is 24.5 Å². The van der Waals surface area contributed by atoms with Crippen molar-refractivity contribution in [3.63, 3.8) is 0 Å². The normalized spacial score (nSPS) is 11.9. The Hall–Kier alpha value is -4.21. The predicted molar refractivity (Wildman–Crippen MR) is 167 cm³/mol. The average Bonchev–Trinajstić information content (AvgIpc) is 3.02. The number of nitrogens with zero attached hydrogens (tertiary/aromatic N) is 2. The van der Waals surface area contributed by atoms with Crippen LogP contribution >= 0.6 is 11.6 Å². The third-order valence-electron chi connectivity index (χ3n) is 6.79. The number of anilines is 1. The Labute approximate surface area is 257 Å². The first-order valence-electron chi connectivity index (χ1n) is 13.9. The number of nitrogens with one attached hydrogen (secondary N) is 1. The summed E-state index contributed by atoms with van der Waals surface area (Å²) in [5.41, 5.74) is 1.59. The Bertz CT molecular complexity index is 1620. The molecule has 0 unspecified atom stereocenters. The van der Waals surface area contributed by atoms with E-state index in [0.717, 1.165) is 9.87 Å². The quantitative estimate of drug-likeness (QED) is 0.203. The highest BCUT2D eigenvalue weighted by Gasteiger charge is 2.34. The molecule has 224 valence electrons. The molecule has 0 heterocycles.